The Balaban J connectivity index is 1.64. The molecule has 5 rings (SSSR count). The number of carbonyl (C=O) groups is 5. The van der Waals surface area contributed by atoms with Crippen LogP contribution in [-0.2, 0) is 47.7 Å². The fourth-order valence-electron chi connectivity index (χ4n) is 7.55. The van der Waals surface area contributed by atoms with Crippen molar-refractivity contribution in [2.24, 2.45) is 22.7 Å². The highest BCUT2D eigenvalue weighted by molar-refractivity contribution is 6.20. The van der Waals surface area contributed by atoms with E-state index in [2.05, 4.69) is 4.98 Å². The van der Waals surface area contributed by atoms with Crippen LogP contribution in [0.15, 0.2) is 47.7 Å². The zero-order valence-corrected chi connectivity index (χ0v) is 24.6. The summed E-state index contributed by atoms with van der Waals surface area (Å²) in [7, 11) is 0. The maximum Gasteiger partial charge on any atom is 0.345 e. The van der Waals surface area contributed by atoms with Gasteiger partial charge in [-0.1, -0.05) is 19.9 Å². The van der Waals surface area contributed by atoms with E-state index in [9.17, 15) is 24.0 Å². The van der Waals surface area contributed by atoms with Crippen LogP contribution in [0.1, 0.15) is 72.5 Å². The van der Waals surface area contributed by atoms with Crippen LogP contribution in [0, 0.1) is 22.7 Å². The number of hydrogen-bond donors (Lipinski definition) is 0. The van der Waals surface area contributed by atoms with Gasteiger partial charge in [-0.3, -0.25) is 24.2 Å². The van der Waals surface area contributed by atoms with E-state index >= 15 is 0 Å². The second-order valence-electron chi connectivity index (χ2n) is 12.2. The van der Waals surface area contributed by atoms with Crippen molar-refractivity contribution in [2.45, 2.75) is 78.6 Å². The van der Waals surface area contributed by atoms with Gasteiger partial charge in [0, 0.05) is 50.6 Å². The number of cyclic esters (lactones) is 1. The molecule has 11 nitrogen and oxygen atoms in total. The molecule has 4 aliphatic rings. The molecule has 3 heterocycles. The second kappa shape index (κ2) is 10.4. The molecule has 0 amide bonds. The van der Waals surface area contributed by atoms with Gasteiger partial charge in [-0.05, 0) is 43.2 Å². The fraction of sp³-hybridized carbons (Fsp3) is 0.548. The zero-order valence-electron chi connectivity index (χ0n) is 24.6. The Kier molecular flexibility index (Phi) is 7.27. The Labute approximate surface area is 243 Å². The predicted molar refractivity (Wildman–Crippen MR) is 144 cm³/mol. The molecule has 0 aromatic carbocycles. The lowest BCUT2D eigenvalue weighted by Gasteiger charge is -2.62. The number of pyridine rings is 1. The number of fused-ring (bicyclic) bond motifs is 3. The normalized spacial score (nSPS) is 35.3. The molecule has 7 unspecified atom stereocenters. The van der Waals surface area contributed by atoms with Gasteiger partial charge in [-0.15, -0.1) is 0 Å². The summed E-state index contributed by atoms with van der Waals surface area (Å²) in [6.07, 6.45) is 4.42. The lowest BCUT2D eigenvalue weighted by atomic mass is 9.45. The Morgan fingerprint density at radius 3 is 2.43 bits per heavy atom. The van der Waals surface area contributed by atoms with E-state index in [0.29, 0.717) is 18.4 Å². The lowest BCUT2D eigenvalue weighted by Crippen LogP contribution is -2.66. The number of carbonyl (C=O) groups excluding carboxylic acids is 5. The van der Waals surface area contributed by atoms with E-state index in [0.717, 1.165) is 0 Å². The standard InChI is InChI=1S/C31H35NO10/c1-16(33)38-15-30(5)22-13-24(40-18(3)35)31(6)27(29(22,4)10-9-23(30)39-17(2)34)26(36)25-21(42-31)12-20(41-28(25)37)19-8-7-11-32-14-19/h7-8,11,13-14,20,22-23,27H,9-10,12,15H2,1-6H3. The van der Waals surface area contributed by atoms with E-state index < -0.39 is 70.1 Å². The van der Waals surface area contributed by atoms with Crippen LogP contribution < -0.4 is 0 Å². The van der Waals surface area contributed by atoms with Gasteiger partial charge in [-0.25, -0.2) is 4.79 Å². The number of Topliss-reactive ketones (excluding diaryl/α,β-unsaturated/α-hetero) is 1. The molecule has 7 atom stereocenters. The molecule has 42 heavy (non-hydrogen) atoms. The largest absolute Gasteiger partial charge is 0.482 e. The first-order valence-electron chi connectivity index (χ1n) is 14.0. The fourth-order valence-corrected chi connectivity index (χ4v) is 7.55. The molecule has 1 aromatic heterocycles. The van der Waals surface area contributed by atoms with Gasteiger partial charge in [0.05, 0.1) is 5.92 Å². The Morgan fingerprint density at radius 1 is 1.07 bits per heavy atom. The van der Waals surface area contributed by atoms with Crippen LogP contribution >= 0.6 is 0 Å². The predicted octanol–water partition coefficient (Wildman–Crippen LogP) is 3.68. The van der Waals surface area contributed by atoms with Crippen molar-refractivity contribution in [3.05, 3.63) is 53.3 Å². The minimum absolute atomic E-state index is 0.104. The zero-order chi connectivity index (χ0) is 30.6. The molecule has 1 fully saturated rings. The van der Waals surface area contributed by atoms with Crippen molar-refractivity contribution >= 4 is 29.7 Å². The van der Waals surface area contributed by atoms with Crippen LogP contribution in [0.5, 0.6) is 0 Å². The number of ketones is 1. The molecule has 0 bridgehead atoms. The molecular formula is C31H35NO10. The SMILES string of the molecule is CC(=O)OCC1(C)C(OC(C)=O)CCC2(C)C3C(=O)C4=C(CC(c5cccnc5)OC4=O)OC3(C)C(OC(C)=O)=CC12. The van der Waals surface area contributed by atoms with Crippen molar-refractivity contribution in [2.75, 3.05) is 6.61 Å². The highest BCUT2D eigenvalue weighted by Crippen LogP contribution is 2.65. The maximum atomic E-state index is 14.5. The molecule has 0 saturated heterocycles. The van der Waals surface area contributed by atoms with Crippen molar-refractivity contribution in [1.29, 1.82) is 0 Å². The number of nitrogens with zero attached hydrogens (tertiary/aromatic N) is 1. The third kappa shape index (κ3) is 4.68. The Hall–Kier alpha value is -4.02. The van der Waals surface area contributed by atoms with Crippen LogP contribution in [0.2, 0.25) is 0 Å². The lowest BCUT2D eigenvalue weighted by molar-refractivity contribution is -0.207. The molecule has 0 radical (unpaired) electrons. The van der Waals surface area contributed by atoms with Crippen LogP contribution in [0.25, 0.3) is 0 Å². The number of aromatic nitrogens is 1. The summed E-state index contributed by atoms with van der Waals surface area (Å²) in [5.41, 5.74) is -2.85. The molecule has 11 heteroatoms. The van der Waals surface area contributed by atoms with E-state index in [-0.39, 0.29) is 30.1 Å². The van der Waals surface area contributed by atoms with Gasteiger partial charge < -0.3 is 23.7 Å². The average molecular weight is 582 g/mol. The highest BCUT2D eigenvalue weighted by Gasteiger charge is 2.69. The molecule has 224 valence electrons. The summed E-state index contributed by atoms with van der Waals surface area (Å²) in [4.78, 5) is 68.4. The third-order valence-electron chi connectivity index (χ3n) is 9.27. The monoisotopic (exact) mass is 581 g/mol. The Bertz CT molecular complexity index is 1420. The van der Waals surface area contributed by atoms with Gasteiger partial charge in [0.2, 0.25) is 0 Å². The van der Waals surface area contributed by atoms with Crippen molar-refractivity contribution in [3.8, 4) is 0 Å². The quantitative estimate of drug-likeness (QED) is 0.285. The van der Waals surface area contributed by atoms with Gasteiger partial charge in [-0.2, -0.15) is 0 Å². The van der Waals surface area contributed by atoms with Gasteiger partial charge in [0.15, 0.2) is 11.4 Å². The minimum atomic E-state index is -1.44. The highest BCUT2D eigenvalue weighted by atomic mass is 16.6. The van der Waals surface area contributed by atoms with Gasteiger partial charge in [0.1, 0.15) is 35.9 Å². The molecule has 2 aliphatic carbocycles. The van der Waals surface area contributed by atoms with Gasteiger partial charge >= 0.3 is 23.9 Å². The maximum absolute atomic E-state index is 14.5. The molecule has 0 N–H and O–H groups in total. The summed E-state index contributed by atoms with van der Waals surface area (Å²) in [6, 6.07) is 3.49. The van der Waals surface area contributed by atoms with E-state index in [4.69, 9.17) is 23.7 Å². The van der Waals surface area contributed by atoms with Crippen LogP contribution in [0.4, 0.5) is 0 Å². The van der Waals surface area contributed by atoms with E-state index in [1.165, 1.54) is 20.8 Å². The summed E-state index contributed by atoms with van der Waals surface area (Å²) in [5, 5.41) is 0. The van der Waals surface area contributed by atoms with Crippen molar-refractivity contribution in [3.63, 3.8) is 0 Å². The number of ether oxygens (including phenoxy) is 5. The summed E-state index contributed by atoms with van der Waals surface area (Å²) >= 11 is 0. The van der Waals surface area contributed by atoms with E-state index in [1.54, 1.807) is 37.5 Å². The second-order valence-corrected chi connectivity index (χ2v) is 12.2. The summed E-state index contributed by atoms with van der Waals surface area (Å²) < 4.78 is 29.2. The smallest absolute Gasteiger partial charge is 0.345 e. The molecule has 2 aliphatic heterocycles. The van der Waals surface area contributed by atoms with E-state index in [1.807, 2.05) is 13.8 Å². The molecule has 1 saturated carbocycles. The van der Waals surface area contributed by atoms with Crippen LogP contribution in [0.3, 0.4) is 0 Å². The summed E-state index contributed by atoms with van der Waals surface area (Å²) in [5.74, 6) is -4.20. The summed E-state index contributed by atoms with van der Waals surface area (Å²) in [6.45, 7) is 9.14. The first kappa shape index (κ1) is 29.5. The number of allylic oxidation sites excluding steroid dienone is 1. The average Bonchev–Trinajstić information content (AvgIpc) is 2.90. The first-order chi connectivity index (χ1) is 19.7. The Morgan fingerprint density at radius 2 is 1.81 bits per heavy atom. The molecule has 1 aromatic rings. The van der Waals surface area contributed by atoms with Crippen molar-refractivity contribution < 1.29 is 47.7 Å². The molecule has 0 spiro atoms. The first-order valence-corrected chi connectivity index (χ1v) is 14.0. The number of hydrogen-bond acceptors (Lipinski definition) is 11. The topological polar surface area (TPSA) is 144 Å². The van der Waals surface area contributed by atoms with Crippen molar-refractivity contribution in [1.82, 2.24) is 4.98 Å². The minimum Gasteiger partial charge on any atom is -0.482 e. The number of esters is 4. The van der Waals surface area contributed by atoms with Crippen LogP contribution in [-0.4, -0.2) is 53.0 Å². The number of rotatable bonds is 5. The van der Waals surface area contributed by atoms with Gasteiger partial charge in [0.25, 0.3) is 0 Å². The third-order valence-corrected chi connectivity index (χ3v) is 9.27. The molecular weight excluding hydrogens is 546 g/mol.